The van der Waals surface area contributed by atoms with Gasteiger partial charge in [-0.25, -0.2) is 0 Å². The van der Waals surface area contributed by atoms with Crippen molar-refractivity contribution >= 4 is 8.80 Å². The fourth-order valence-corrected chi connectivity index (χ4v) is 5.28. The van der Waals surface area contributed by atoms with E-state index in [1.807, 2.05) is 53.7 Å². The molecular formula is C14H26O3Si. The van der Waals surface area contributed by atoms with E-state index in [2.05, 4.69) is 12.2 Å². The van der Waals surface area contributed by atoms with E-state index in [-0.39, 0.29) is 23.9 Å². The third kappa shape index (κ3) is 4.35. The third-order valence-corrected chi connectivity index (χ3v) is 5.96. The fraction of sp³-hybridized carbons (Fsp3) is 0.714. The van der Waals surface area contributed by atoms with E-state index in [0.717, 1.165) is 0 Å². The fourth-order valence-electron chi connectivity index (χ4n) is 1.97. The molecule has 0 N–H and O–H groups in total. The van der Waals surface area contributed by atoms with Crippen LogP contribution in [0.1, 0.15) is 41.5 Å². The maximum Gasteiger partial charge on any atom is 0.512 e. The van der Waals surface area contributed by atoms with Crippen LogP contribution in [0.5, 0.6) is 0 Å². The maximum absolute atomic E-state index is 6.14. The summed E-state index contributed by atoms with van der Waals surface area (Å²) in [6.45, 7) is 12.2. The average molecular weight is 270 g/mol. The smallest absolute Gasteiger partial charge is 0.370 e. The van der Waals surface area contributed by atoms with Crippen molar-refractivity contribution in [3.63, 3.8) is 0 Å². The van der Waals surface area contributed by atoms with E-state index in [9.17, 15) is 0 Å². The number of hydrogen-bond acceptors (Lipinski definition) is 3. The maximum atomic E-state index is 6.14. The largest absolute Gasteiger partial charge is 0.512 e. The van der Waals surface area contributed by atoms with E-state index in [1.54, 1.807) is 0 Å². The Kier molecular flexibility index (Phi) is 5.78. The average Bonchev–Trinajstić information content (AvgIpc) is 2.65. The predicted molar refractivity (Wildman–Crippen MR) is 76.4 cm³/mol. The first-order valence-electron chi connectivity index (χ1n) is 6.74. The Bertz CT molecular complexity index is 270. The van der Waals surface area contributed by atoms with Crippen LogP contribution in [-0.4, -0.2) is 27.1 Å². The first-order chi connectivity index (χ1) is 8.35. The van der Waals surface area contributed by atoms with Crippen LogP contribution in [0.2, 0.25) is 5.54 Å². The molecule has 0 aromatic carbocycles. The normalized spacial score (nSPS) is 16.7. The van der Waals surface area contributed by atoms with E-state index < -0.39 is 8.80 Å². The third-order valence-electron chi connectivity index (χ3n) is 2.36. The van der Waals surface area contributed by atoms with Crippen molar-refractivity contribution in [1.82, 2.24) is 0 Å². The van der Waals surface area contributed by atoms with Crippen LogP contribution >= 0.6 is 0 Å². The monoisotopic (exact) mass is 270 g/mol. The van der Waals surface area contributed by atoms with Crippen molar-refractivity contribution in [3.05, 3.63) is 24.3 Å². The molecule has 0 aromatic heterocycles. The predicted octanol–water partition coefficient (Wildman–Crippen LogP) is 3.70. The lowest BCUT2D eigenvalue weighted by molar-refractivity contribution is 0.00136. The Labute approximate surface area is 112 Å². The molecule has 104 valence electrons. The van der Waals surface area contributed by atoms with Gasteiger partial charge in [0, 0.05) is 18.3 Å². The quantitative estimate of drug-likeness (QED) is 0.660. The lowest BCUT2D eigenvalue weighted by atomic mass is 10.5. The van der Waals surface area contributed by atoms with Gasteiger partial charge in [0.25, 0.3) is 0 Å². The van der Waals surface area contributed by atoms with Crippen molar-refractivity contribution in [2.24, 2.45) is 0 Å². The molecule has 0 unspecified atom stereocenters. The number of hydrogen-bond donors (Lipinski definition) is 0. The van der Waals surface area contributed by atoms with Crippen LogP contribution in [0.4, 0.5) is 0 Å². The first kappa shape index (κ1) is 15.6. The highest BCUT2D eigenvalue weighted by atomic mass is 28.4. The summed E-state index contributed by atoms with van der Waals surface area (Å²) in [5.41, 5.74) is 0.129. The van der Waals surface area contributed by atoms with Crippen molar-refractivity contribution < 1.29 is 13.3 Å². The van der Waals surface area contributed by atoms with E-state index in [4.69, 9.17) is 13.3 Å². The highest BCUT2D eigenvalue weighted by Crippen LogP contribution is 2.34. The van der Waals surface area contributed by atoms with Crippen LogP contribution in [0, 0.1) is 0 Å². The van der Waals surface area contributed by atoms with Gasteiger partial charge in [-0.1, -0.05) is 24.3 Å². The molecule has 0 aromatic rings. The van der Waals surface area contributed by atoms with E-state index >= 15 is 0 Å². The molecule has 4 heteroatoms. The van der Waals surface area contributed by atoms with Gasteiger partial charge >= 0.3 is 8.80 Å². The minimum absolute atomic E-state index is 0.0940. The molecule has 0 bridgehead atoms. The second kappa shape index (κ2) is 6.66. The van der Waals surface area contributed by atoms with E-state index in [0.29, 0.717) is 0 Å². The molecule has 0 amide bonds. The Morgan fingerprint density at radius 2 is 1.06 bits per heavy atom. The zero-order valence-electron chi connectivity index (χ0n) is 12.3. The van der Waals surface area contributed by atoms with Crippen LogP contribution in [0.15, 0.2) is 24.3 Å². The highest BCUT2D eigenvalue weighted by molar-refractivity contribution is 6.64. The van der Waals surface area contributed by atoms with Crippen molar-refractivity contribution in [1.29, 1.82) is 0 Å². The molecule has 3 nitrogen and oxygen atoms in total. The minimum Gasteiger partial charge on any atom is -0.370 e. The van der Waals surface area contributed by atoms with Gasteiger partial charge in [-0.15, -0.1) is 0 Å². The van der Waals surface area contributed by atoms with Crippen molar-refractivity contribution in [2.75, 3.05) is 0 Å². The van der Waals surface area contributed by atoms with Crippen LogP contribution in [0.3, 0.4) is 0 Å². The molecule has 0 saturated carbocycles. The van der Waals surface area contributed by atoms with Crippen LogP contribution < -0.4 is 0 Å². The summed E-state index contributed by atoms with van der Waals surface area (Å²) >= 11 is 0. The SMILES string of the molecule is CC(C)O[Si](OC(C)C)(OC(C)C)C1C=CC=C1. The molecule has 0 atom stereocenters. The summed E-state index contributed by atoms with van der Waals surface area (Å²) in [7, 11) is -2.73. The summed E-state index contributed by atoms with van der Waals surface area (Å²) in [5.74, 6) is 0. The standard InChI is InChI=1S/C14H26O3Si/c1-11(2)15-18(16-12(3)4,17-13(5)6)14-9-7-8-10-14/h7-14H,1-6H3. The molecule has 0 saturated heterocycles. The van der Waals surface area contributed by atoms with Gasteiger partial charge in [0.1, 0.15) is 0 Å². The van der Waals surface area contributed by atoms with Crippen molar-refractivity contribution in [2.45, 2.75) is 65.4 Å². The highest BCUT2D eigenvalue weighted by Gasteiger charge is 2.50. The van der Waals surface area contributed by atoms with Gasteiger partial charge in [-0.3, -0.25) is 0 Å². The Morgan fingerprint density at radius 1 is 0.722 bits per heavy atom. The topological polar surface area (TPSA) is 27.7 Å². The molecule has 1 aliphatic rings. The summed E-state index contributed by atoms with van der Waals surface area (Å²) in [4.78, 5) is 0. The molecule has 0 radical (unpaired) electrons. The van der Waals surface area contributed by atoms with Gasteiger partial charge in [-0.05, 0) is 41.5 Å². The van der Waals surface area contributed by atoms with Crippen LogP contribution in [0.25, 0.3) is 0 Å². The van der Waals surface area contributed by atoms with Crippen LogP contribution in [-0.2, 0) is 13.3 Å². The second-order valence-electron chi connectivity index (χ2n) is 5.40. The Hall–Kier alpha value is -0.423. The van der Waals surface area contributed by atoms with Gasteiger partial charge in [-0.2, -0.15) is 0 Å². The molecule has 0 spiro atoms. The summed E-state index contributed by atoms with van der Waals surface area (Å²) in [5, 5.41) is 0. The molecule has 1 aliphatic carbocycles. The summed E-state index contributed by atoms with van der Waals surface area (Å²) in [6.07, 6.45) is 8.57. The van der Waals surface area contributed by atoms with Gasteiger partial charge < -0.3 is 13.3 Å². The lowest BCUT2D eigenvalue weighted by Crippen LogP contribution is -2.53. The summed E-state index contributed by atoms with van der Waals surface area (Å²) in [6, 6.07) is 0. The Morgan fingerprint density at radius 3 is 1.33 bits per heavy atom. The molecule has 0 heterocycles. The Balaban J connectivity index is 2.98. The summed E-state index contributed by atoms with van der Waals surface area (Å²) < 4.78 is 18.4. The number of allylic oxidation sites excluding steroid dienone is 4. The molecule has 0 aliphatic heterocycles. The van der Waals surface area contributed by atoms with Gasteiger partial charge in [0.15, 0.2) is 0 Å². The van der Waals surface area contributed by atoms with Crippen molar-refractivity contribution in [3.8, 4) is 0 Å². The van der Waals surface area contributed by atoms with Gasteiger partial charge in [0.2, 0.25) is 0 Å². The molecule has 1 rings (SSSR count). The molecular weight excluding hydrogens is 244 g/mol. The zero-order chi connectivity index (χ0) is 13.8. The number of rotatable bonds is 7. The zero-order valence-corrected chi connectivity index (χ0v) is 13.3. The van der Waals surface area contributed by atoms with Gasteiger partial charge in [0.05, 0.1) is 5.54 Å². The second-order valence-corrected chi connectivity index (χ2v) is 7.98. The lowest BCUT2D eigenvalue weighted by Gasteiger charge is -2.37. The molecule has 0 fully saturated rings. The first-order valence-corrected chi connectivity index (χ1v) is 8.54. The minimum atomic E-state index is -2.73. The van der Waals surface area contributed by atoms with E-state index in [1.165, 1.54) is 0 Å². The molecule has 18 heavy (non-hydrogen) atoms.